The van der Waals surface area contributed by atoms with Crippen LogP contribution in [0, 0.1) is 24.4 Å². The van der Waals surface area contributed by atoms with Crippen LogP contribution < -0.4 is 72.7 Å². The van der Waals surface area contributed by atoms with Crippen LogP contribution >= 0.6 is 0 Å². The number of hydrogen-bond donors (Lipinski definition) is 4. The predicted molar refractivity (Wildman–Crippen MR) is 78.4 cm³/mol. The summed E-state index contributed by atoms with van der Waals surface area (Å²) in [5.74, 6) is 0.799. The van der Waals surface area contributed by atoms with E-state index in [1.807, 2.05) is 0 Å². The fourth-order valence-electron chi connectivity index (χ4n) is 3.54. The fourth-order valence-corrected chi connectivity index (χ4v) is 3.54. The summed E-state index contributed by atoms with van der Waals surface area (Å²) in [5.41, 5.74) is -0.0574. The number of amides is 1. The van der Waals surface area contributed by atoms with E-state index in [1.54, 1.807) is 6.67 Å². The van der Waals surface area contributed by atoms with Crippen molar-refractivity contribution in [2.75, 3.05) is 26.2 Å². The van der Waals surface area contributed by atoms with Crippen molar-refractivity contribution in [2.45, 2.75) is 38.1 Å². The molecule has 4 N–H and O–H groups in total. The first-order chi connectivity index (χ1) is 9.81. The topological polar surface area (TPSA) is 65.2 Å². The number of hydrogen-bond acceptors (Lipinski definition) is 4. The van der Waals surface area contributed by atoms with E-state index >= 15 is 0 Å². The van der Waals surface area contributed by atoms with Gasteiger partial charge in [0.1, 0.15) is 0 Å². The summed E-state index contributed by atoms with van der Waals surface area (Å²) in [6, 6.07) is 0.380. The molecule has 1 unspecified atom stereocenters. The average Bonchev–Trinajstić information content (AvgIpc) is 3.31. The van der Waals surface area contributed by atoms with Gasteiger partial charge >= 0.3 is 51.4 Å². The van der Waals surface area contributed by atoms with Crippen molar-refractivity contribution in [1.29, 1.82) is 0 Å². The predicted octanol–water partition coefficient (Wildman–Crippen LogP) is -2.84. The molecule has 0 aromatic carbocycles. The maximum atomic E-state index is 12.4. The summed E-state index contributed by atoms with van der Waals surface area (Å²) in [4.78, 5) is 12.4. The zero-order valence-electron chi connectivity index (χ0n) is 13.1. The molecule has 1 aliphatic carbocycles. The minimum Gasteiger partial charge on any atom is -0.492 e. The second-order valence-corrected chi connectivity index (χ2v) is 6.30. The van der Waals surface area contributed by atoms with Gasteiger partial charge in [0.2, 0.25) is 0 Å². The van der Waals surface area contributed by atoms with Gasteiger partial charge in [-0.3, -0.25) is 4.79 Å². The maximum Gasteiger partial charge on any atom is 1.00 e. The van der Waals surface area contributed by atoms with Crippen molar-refractivity contribution >= 4 is 5.91 Å². The molecule has 1 atom stereocenters. The summed E-state index contributed by atoms with van der Waals surface area (Å²) in [6.45, 7) is 5.86. The summed E-state index contributed by atoms with van der Waals surface area (Å²) < 4.78 is 0. The third-order valence-electron chi connectivity index (χ3n) is 5.04. The van der Waals surface area contributed by atoms with E-state index in [4.69, 9.17) is 0 Å². The molecule has 0 spiro atoms. The molecular formula is C15H26KN4O-. The Morgan fingerprint density at radius 3 is 2.48 bits per heavy atom. The van der Waals surface area contributed by atoms with Crippen LogP contribution in [0.5, 0.6) is 0 Å². The van der Waals surface area contributed by atoms with Crippen LogP contribution in [0.2, 0.25) is 0 Å². The molecule has 2 aliphatic heterocycles. The molecule has 114 valence electrons. The van der Waals surface area contributed by atoms with Gasteiger partial charge in [0, 0.05) is 5.41 Å². The first-order valence-corrected chi connectivity index (χ1v) is 7.95. The molecule has 3 fully saturated rings. The molecule has 1 saturated carbocycles. The molecule has 21 heavy (non-hydrogen) atoms. The van der Waals surface area contributed by atoms with Gasteiger partial charge in [-0.1, -0.05) is 6.42 Å². The van der Waals surface area contributed by atoms with Gasteiger partial charge in [-0.25, -0.2) is 0 Å². The van der Waals surface area contributed by atoms with Gasteiger partial charge in [0.25, 0.3) is 0 Å². The molecular weight excluding hydrogens is 291 g/mol. The van der Waals surface area contributed by atoms with Crippen LogP contribution in [0.3, 0.4) is 0 Å². The number of carbonyl (C=O) groups excluding carboxylic acids is 1. The first-order valence-electron chi connectivity index (χ1n) is 7.95. The minimum absolute atomic E-state index is 0. The van der Waals surface area contributed by atoms with Crippen molar-refractivity contribution in [3.8, 4) is 0 Å². The Morgan fingerprint density at radius 2 is 1.86 bits per heavy atom. The van der Waals surface area contributed by atoms with Crippen LogP contribution in [0.15, 0.2) is 0 Å². The van der Waals surface area contributed by atoms with Gasteiger partial charge in [-0.05, 0) is 51.2 Å². The average molecular weight is 317 g/mol. The van der Waals surface area contributed by atoms with Crippen LogP contribution in [0.1, 0.15) is 32.1 Å². The van der Waals surface area contributed by atoms with E-state index in [9.17, 15) is 4.79 Å². The summed E-state index contributed by atoms with van der Waals surface area (Å²) in [6.07, 6.45) is 7.71. The largest absolute Gasteiger partial charge is 1.00 e. The van der Waals surface area contributed by atoms with Crippen LogP contribution in [-0.4, -0.2) is 38.1 Å². The van der Waals surface area contributed by atoms with E-state index in [2.05, 4.69) is 27.7 Å². The molecule has 6 heteroatoms. The Bertz CT molecular complexity index is 337. The zero-order valence-corrected chi connectivity index (χ0v) is 16.2. The van der Waals surface area contributed by atoms with Crippen LogP contribution in [0.25, 0.3) is 0 Å². The van der Waals surface area contributed by atoms with Gasteiger partial charge in [0.15, 0.2) is 5.91 Å². The third-order valence-corrected chi connectivity index (χ3v) is 5.04. The van der Waals surface area contributed by atoms with E-state index in [1.165, 1.54) is 0 Å². The van der Waals surface area contributed by atoms with E-state index in [0.29, 0.717) is 12.0 Å². The normalized spacial score (nSPS) is 28.5. The monoisotopic (exact) mass is 317 g/mol. The Kier molecular flexibility index (Phi) is 7.62. The molecule has 3 aliphatic rings. The van der Waals surface area contributed by atoms with Crippen molar-refractivity contribution in [3.05, 3.63) is 13.1 Å². The number of rotatable bonds is 5. The van der Waals surface area contributed by atoms with Gasteiger partial charge in [0.05, 0.1) is 0 Å². The molecule has 0 radical (unpaired) electrons. The molecule has 0 aromatic rings. The van der Waals surface area contributed by atoms with Crippen molar-refractivity contribution in [3.63, 3.8) is 0 Å². The van der Waals surface area contributed by atoms with Crippen LogP contribution in [-0.2, 0) is 4.79 Å². The summed E-state index contributed by atoms with van der Waals surface area (Å²) in [7, 11) is 0. The summed E-state index contributed by atoms with van der Waals surface area (Å²) >= 11 is 0. The van der Waals surface area contributed by atoms with Gasteiger partial charge in [-0.15, -0.1) is 12.6 Å². The van der Waals surface area contributed by atoms with E-state index < -0.39 is 0 Å². The third kappa shape index (κ3) is 4.73. The molecule has 2 heterocycles. The SMILES string of the molecule is O=C(N[CH-]NC1[CH-]CNCC1)C1(C2CCNCC2)CC1.[K+]. The van der Waals surface area contributed by atoms with Crippen molar-refractivity contribution in [1.82, 2.24) is 21.3 Å². The minimum atomic E-state index is -0.0574. The number of carbonyl (C=O) groups is 1. The molecule has 2 saturated heterocycles. The second kappa shape index (κ2) is 8.73. The standard InChI is InChI=1S/C15H26N4O.K/c20-14(19-11-18-13-3-9-17-10-4-13)15(5-6-15)12-1-7-16-8-2-12;/h3,11-13,16-18H,1-2,4-10H2,(H,19,20);/q-2;+1. The van der Waals surface area contributed by atoms with Gasteiger partial charge in [-0.2, -0.15) is 6.67 Å². The Morgan fingerprint density at radius 1 is 1.14 bits per heavy atom. The molecule has 3 rings (SSSR count). The number of piperidine rings is 2. The molecule has 0 aromatic heterocycles. The Labute approximate surface area is 170 Å². The summed E-state index contributed by atoms with van der Waals surface area (Å²) in [5, 5.41) is 13.0. The Hall–Kier alpha value is 0.986. The van der Waals surface area contributed by atoms with Crippen molar-refractivity contribution < 1.29 is 56.2 Å². The van der Waals surface area contributed by atoms with E-state index in [-0.39, 0.29) is 62.7 Å². The smallest absolute Gasteiger partial charge is 0.492 e. The quantitative estimate of drug-likeness (QED) is 0.326. The molecule has 1 amide bonds. The maximum absolute atomic E-state index is 12.4. The first kappa shape index (κ1) is 18.3. The molecule has 5 nitrogen and oxygen atoms in total. The zero-order chi connectivity index (χ0) is 13.8. The Balaban J connectivity index is 0.00000161. The number of nitrogens with one attached hydrogen (secondary N) is 4. The van der Waals surface area contributed by atoms with Crippen LogP contribution in [0.4, 0.5) is 0 Å². The fraction of sp³-hybridized carbons (Fsp3) is 0.800. The van der Waals surface area contributed by atoms with Crippen molar-refractivity contribution in [2.24, 2.45) is 11.3 Å². The molecule has 0 bridgehead atoms. The van der Waals surface area contributed by atoms with Gasteiger partial charge < -0.3 is 27.7 Å². The van der Waals surface area contributed by atoms with E-state index in [0.717, 1.165) is 58.3 Å². The second-order valence-electron chi connectivity index (χ2n) is 6.30.